The van der Waals surface area contributed by atoms with E-state index >= 15 is 0 Å². The Morgan fingerprint density at radius 3 is 1.70 bits per heavy atom. The second-order valence-corrected chi connectivity index (χ2v) is 7.28. The molecule has 0 spiro atoms. The molecule has 0 aliphatic heterocycles. The van der Waals surface area contributed by atoms with Crippen LogP contribution in [0.3, 0.4) is 0 Å². The first-order valence-corrected chi connectivity index (χ1v) is 9.31. The Morgan fingerprint density at radius 2 is 1.30 bits per heavy atom. The van der Waals surface area contributed by atoms with Gasteiger partial charge >= 0.3 is 5.97 Å². The van der Waals surface area contributed by atoms with Crippen molar-refractivity contribution in [3.8, 4) is 0 Å². The van der Waals surface area contributed by atoms with Gasteiger partial charge < -0.3 is 20.8 Å². The number of aromatic nitrogens is 2. The number of carboxylic acid groups (broad SMARTS) is 1. The van der Waals surface area contributed by atoms with E-state index in [2.05, 4.69) is 9.97 Å². The van der Waals surface area contributed by atoms with Crippen LogP contribution >= 0.6 is 23.2 Å². The lowest BCUT2D eigenvalue weighted by Crippen LogP contribution is -2.14. The Kier molecular flexibility index (Phi) is 6.28. The van der Waals surface area contributed by atoms with Crippen LogP contribution < -0.4 is 5.73 Å². The summed E-state index contributed by atoms with van der Waals surface area (Å²) in [4.78, 5) is 26.8. The van der Waals surface area contributed by atoms with Crippen LogP contribution in [0.4, 0.5) is 8.78 Å². The van der Waals surface area contributed by atoms with Crippen LogP contribution in [-0.2, 0) is 22.4 Å². The maximum atomic E-state index is 13.4. The van der Waals surface area contributed by atoms with E-state index in [4.69, 9.17) is 34.0 Å². The molecule has 5 N–H and O–H groups in total. The van der Waals surface area contributed by atoms with Crippen LogP contribution in [0.25, 0.3) is 21.8 Å². The zero-order valence-electron chi connectivity index (χ0n) is 15.2. The molecule has 2 aromatic carbocycles. The van der Waals surface area contributed by atoms with Crippen molar-refractivity contribution in [3.63, 3.8) is 0 Å². The molecule has 0 aliphatic rings. The Labute approximate surface area is 178 Å². The molecule has 30 heavy (non-hydrogen) atoms. The third-order valence-electron chi connectivity index (χ3n) is 4.30. The summed E-state index contributed by atoms with van der Waals surface area (Å²) in [6.07, 6.45) is 2.64. The number of halogens is 4. The van der Waals surface area contributed by atoms with Crippen molar-refractivity contribution in [2.45, 2.75) is 12.8 Å². The molecule has 0 aliphatic carbocycles. The van der Waals surface area contributed by atoms with Crippen LogP contribution in [0.2, 0.25) is 10.0 Å². The van der Waals surface area contributed by atoms with Crippen molar-refractivity contribution in [3.05, 3.63) is 69.5 Å². The predicted octanol–water partition coefficient (Wildman–Crippen LogP) is 4.58. The molecule has 1 amide bonds. The zero-order chi connectivity index (χ0) is 22.0. The third kappa shape index (κ3) is 4.72. The van der Waals surface area contributed by atoms with Gasteiger partial charge in [-0.1, -0.05) is 23.2 Å². The summed E-state index contributed by atoms with van der Waals surface area (Å²) >= 11 is 11.7. The number of carbonyl (C=O) groups is 2. The lowest BCUT2D eigenvalue weighted by atomic mass is 10.1. The van der Waals surface area contributed by atoms with E-state index in [1.165, 1.54) is 30.5 Å². The number of fused-ring (bicyclic) bond motifs is 2. The number of nitrogens with one attached hydrogen (secondary N) is 2. The normalized spacial score (nSPS) is 10.8. The Morgan fingerprint density at radius 1 is 0.867 bits per heavy atom. The highest BCUT2D eigenvalue weighted by molar-refractivity contribution is 6.36. The number of primary amides is 1. The second kappa shape index (κ2) is 8.73. The van der Waals surface area contributed by atoms with Crippen molar-refractivity contribution in [2.75, 3.05) is 0 Å². The highest BCUT2D eigenvalue weighted by atomic mass is 35.5. The molecule has 4 aromatic rings. The molecule has 0 radical (unpaired) electrons. The zero-order valence-corrected chi connectivity index (χ0v) is 16.7. The van der Waals surface area contributed by atoms with Crippen molar-refractivity contribution < 1.29 is 23.5 Å². The maximum absolute atomic E-state index is 13.4. The van der Waals surface area contributed by atoms with E-state index in [9.17, 15) is 18.4 Å². The van der Waals surface area contributed by atoms with E-state index in [1.54, 1.807) is 6.20 Å². The van der Waals surface area contributed by atoms with Crippen molar-refractivity contribution in [1.29, 1.82) is 0 Å². The number of aromatic amines is 2. The number of H-pyrrole nitrogens is 2. The molecule has 0 saturated carbocycles. The van der Waals surface area contributed by atoms with Gasteiger partial charge in [0.2, 0.25) is 5.91 Å². The minimum Gasteiger partial charge on any atom is -0.481 e. The number of benzene rings is 2. The summed E-state index contributed by atoms with van der Waals surface area (Å²) in [5.41, 5.74) is 6.56. The Hall–Kier alpha value is -3.10. The van der Waals surface area contributed by atoms with Crippen molar-refractivity contribution in [1.82, 2.24) is 9.97 Å². The highest BCUT2D eigenvalue weighted by Crippen LogP contribution is 2.27. The Balaban J connectivity index is 0.000000171. The summed E-state index contributed by atoms with van der Waals surface area (Å²) in [5, 5.41) is 10.8. The highest BCUT2D eigenvalue weighted by Gasteiger charge is 2.11. The number of carboxylic acids is 1. The van der Waals surface area contributed by atoms with Crippen molar-refractivity contribution >= 4 is 56.9 Å². The second-order valence-electron chi connectivity index (χ2n) is 6.47. The molecule has 156 valence electrons. The minimum atomic E-state index is -1.07. The number of hydrogen-bond donors (Lipinski definition) is 4. The first-order valence-electron chi connectivity index (χ1n) is 8.55. The molecule has 6 nitrogen and oxygen atoms in total. The smallest absolute Gasteiger partial charge is 0.307 e. The predicted molar refractivity (Wildman–Crippen MR) is 111 cm³/mol. The lowest BCUT2D eigenvalue weighted by Gasteiger charge is -2.01. The summed E-state index contributed by atoms with van der Waals surface area (Å²) in [6.45, 7) is 0. The molecule has 4 rings (SSSR count). The molecule has 0 unspecified atom stereocenters. The molecule has 0 saturated heterocycles. The van der Waals surface area contributed by atoms with Crippen molar-refractivity contribution in [2.24, 2.45) is 5.73 Å². The number of carbonyl (C=O) groups excluding carboxylic acids is 1. The van der Waals surface area contributed by atoms with Gasteiger partial charge in [-0.05, 0) is 35.4 Å². The van der Waals surface area contributed by atoms with Crippen LogP contribution in [0.5, 0.6) is 0 Å². The fourth-order valence-corrected chi connectivity index (χ4v) is 3.35. The summed E-state index contributed by atoms with van der Waals surface area (Å²) in [6, 6.07) is 5.55. The van der Waals surface area contributed by atoms with Crippen LogP contribution in [-0.4, -0.2) is 27.0 Å². The fourth-order valence-electron chi connectivity index (χ4n) is 2.93. The molecule has 0 bridgehead atoms. The quantitative estimate of drug-likeness (QED) is 0.362. The van der Waals surface area contributed by atoms with Crippen LogP contribution in [0, 0.1) is 11.6 Å². The van der Waals surface area contributed by atoms with Gasteiger partial charge in [0.1, 0.15) is 11.6 Å². The van der Waals surface area contributed by atoms with E-state index in [-0.39, 0.29) is 24.0 Å². The Bertz CT molecular complexity index is 1170. The largest absolute Gasteiger partial charge is 0.481 e. The topological polar surface area (TPSA) is 112 Å². The van der Waals surface area contributed by atoms with Gasteiger partial charge in [0.25, 0.3) is 0 Å². The average Bonchev–Trinajstić information content (AvgIpc) is 3.19. The monoisotopic (exact) mass is 453 g/mol. The molecule has 2 heterocycles. The molecule has 0 fully saturated rings. The first kappa shape index (κ1) is 21.6. The molecular formula is C20H15Cl2F2N3O3. The summed E-state index contributed by atoms with van der Waals surface area (Å²) < 4.78 is 26.8. The van der Waals surface area contributed by atoms with Gasteiger partial charge in [0.05, 0.1) is 22.9 Å². The molecule has 0 atom stereocenters. The van der Waals surface area contributed by atoms with Gasteiger partial charge in [-0.3, -0.25) is 9.59 Å². The number of hydrogen-bond acceptors (Lipinski definition) is 2. The van der Waals surface area contributed by atoms with Gasteiger partial charge in [-0.15, -0.1) is 0 Å². The number of rotatable bonds is 4. The van der Waals surface area contributed by atoms with Gasteiger partial charge in [0.15, 0.2) is 0 Å². The van der Waals surface area contributed by atoms with Gasteiger partial charge in [0, 0.05) is 34.2 Å². The number of nitrogens with two attached hydrogens (primary N) is 1. The summed E-state index contributed by atoms with van der Waals surface area (Å²) in [5.74, 6) is -2.64. The molecule has 10 heteroatoms. The number of aliphatic carboxylic acids is 1. The van der Waals surface area contributed by atoms with Gasteiger partial charge in [-0.2, -0.15) is 0 Å². The van der Waals surface area contributed by atoms with E-state index in [1.807, 2.05) is 0 Å². The average molecular weight is 454 g/mol. The van der Waals surface area contributed by atoms with E-state index in [0.717, 1.165) is 0 Å². The van der Waals surface area contributed by atoms with Crippen LogP contribution in [0.15, 0.2) is 36.7 Å². The first-order chi connectivity index (χ1) is 14.2. The number of amides is 1. The van der Waals surface area contributed by atoms with Crippen LogP contribution in [0.1, 0.15) is 11.1 Å². The summed E-state index contributed by atoms with van der Waals surface area (Å²) in [7, 11) is 0. The maximum Gasteiger partial charge on any atom is 0.307 e. The molecule has 2 aromatic heterocycles. The van der Waals surface area contributed by atoms with Gasteiger partial charge in [-0.25, -0.2) is 8.78 Å². The standard InChI is InChI=1S/C10H8ClFN2O.C10H7ClFNO2/c11-7-4-14-9-3-8(12)5(1-6(7)9)2-10(13)15;11-7-4-13-9-3-8(12)5(1-6(7)9)2-10(14)15/h1,3-4,14H,2H2,(H2,13,15);1,3-4,13H,2H2,(H,14,15). The minimum absolute atomic E-state index is 0.122. The lowest BCUT2D eigenvalue weighted by molar-refractivity contribution is -0.136. The van der Waals surface area contributed by atoms with E-state index in [0.29, 0.717) is 31.9 Å². The van der Waals surface area contributed by atoms with E-state index < -0.39 is 23.5 Å². The SMILES string of the molecule is NC(=O)Cc1cc2c(Cl)c[nH]c2cc1F.O=C(O)Cc1cc2c(Cl)c[nH]c2cc1F. The fraction of sp³-hybridized carbons (Fsp3) is 0.100. The molecular weight excluding hydrogens is 439 g/mol. The third-order valence-corrected chi connectivity index (χ3v) is 4.93.